The van der Waals surface area contributed by atoms with Crippen LogP contribution in [0.3, 0.4) is 0 Å². The van der Waals surface area contributed by atoms with Gasteiger partial charge in [-0.1, -0.05) is 18.2 Å². The number of ether oxygens (including phenoxy) is 2. The zero-order valence-corrected chi connectivity index (χ0v) is 17.7. The maximum Gasteiger partial charge on any atom is 0.291 e. The Bertz CT molecular complexity index is 1080. The van der Waals surface area contributed by atoms with Gasteiger partial charge in [0.25, 0.3) is 11.8 Å². The molecule has 2 aromatic carbocycles. The topological polar surface area (TPSA) is 102 Å². The summed E-state index contributed by atoms with van der Waals surface area (Å²) in [5.74, 6) is 0.469. The Labute approximate surface area is 184 Å². The van der Waals surface area contributed by atoms with Gasteiger partial charge < -0.3 is 24.5 Å². The molecule has 0 saturated heterocycles. The molecule has 9 heteroatoms. The number of rotatable bonds is 7. The molecule has 160 valence electrons. The van der Waals surface area contributed by atoms with Crippen LogP contribution < -0.4 is 25.4 Å². The summed E-state index contributed by atoms with van der Waals surface area (Å²) in [6.45, 7) is 1.70. The number of aryl methyl sites for hydroxylation is 1. The van der Waals surface area contributed by atoms with E-state index in [-0.39, 0.29) is 17.5 Å². The molecule has 0 aliphatic rings. The van der Waals surface area contributed by atoms with E-state index in [1.54, 1.807) is 36.4 Å². The number of anilines is 2. The molecule has 0 radical (unpaired) electrons. The molecule has 31 heavy (non-hydrogen) atoms. The number of methoxy groups -OCH3 is 1. The van der Waals surface area contributed by atoms with Crippen molar-refractivity contribution >= 4 is 40.5 Å². The summed E-state index contributed by atoms with van der Waals surface area (Å²) in [4.78, 5) is 24.3. The minimum absolute atomic E-state index is 0.0613. The predicted octanol–water partition coefficient (Wildman–Crippen LogP) is 3.74. The summed E-state index contributed by atoms with van der Waals surface area (Å²) in [5, 5.41) is 8.22. The van der Waals surface area contributed by atoms with E-state index in [0.717, 1.165) is 5.56 Å². The third-order valence-electron chi connectivity index (χ3n) is 4.16. The van der Waals surface area contributed by atoms with E-state index in [0.29, 0.717) is 22.9 Å². The molecule has 3 aromatic rings. The van der Waals surface area contributed by atoms with Gasteiger partial charge in [-0.3, -0.25) is 14.9 Å². The average Bonchev–Trinajstić information content (AvgIpc) is 3.28. The quantitative estimate of drug-likeness (QED) is 0.482. The average molecular weight is 439 g/mol. The van der Waals surface area contributed by atoms with Gasteiger partial charge in [-0.05, 0) is 61.1 Å². The van der Waals surface area contributed by atoms with Gasteiger partial charge in [-0.15, -0.1) is 0 Å². The van der Waals surface area contributed by atoms with Crippen molar-refractivity contribution < 1.29 is 23.5 Å². The highest BCUT2D eigenvalue weighted by molar-refractivity contribution is 7.80. The number of carbonyl (C=O) groups is 2. The molecule has 0 unspecified atom stereocenters. The molecule has 0 aliphatic carbocycles. The molecule has 0 aliphatic heterocycles. The van der Waals surface area contributed by atoms with Crippen molar-refractivity contribution in [1.82, 2.24) is 5.32 Å². The van der Waals surface area contributed by atoms with Gasteiger partial charge in [0.2, 0.25) is 0 Å². The van der Waals surface area contributed by atoms with Crippen LogP contribution >= 0.6 is 12.2 Å². The van der Waals surface area contributed by atoms with Gasteiger partial charge in [0.05, 0.1) is 19.1 Å². The minimum atomic E-state index is -0.415. The molecular weight excluding hydrogens is 418 g/mol. The molecule has 2 amide bonds. The van der Waals surface area contributed by atoms with Gasteiger partial charge in [0.1, 0.15) is 11.5 Å². The first-order valence-electron chi connectivity index (χ1n) is 9.28. The second-order valence-electron chi connectivity index (χ2n) is 6.40. The first-order valence-corrected chi connectivity index (χ1v) is 9.69. The zero-order chi connectivity index (χ0) is 22.2. The van der Waals surface area contributed by atoms with E-state index in [2.05, 4.69) is 16.0 Å². The number of hydrogen-bond acceptors (Lipinski definition) is 6. The first kappa shape index (κ1) is 21.8. The fraction of sp³-hybridized carbons (Fsp3) is 0.136. The number of amides is 2. The molecule has 1 aromatic heterocycles. The molecule has 0 bridgehead atoms. The van der Waals surface area contributed by atoms with Crippen LogP contribution in [-0.2, 0) is 4.79 Å². The fourth-order valence-corrected chi connectivity index (χ4v) is 2.89. The molecule has 8 nitrogen and oxygen atoms in total. The Hall–Kier alpha value is -3.85. The van der Waals surface area contributed by atoms with Gasteiger partial charge in [0.15, 0.2) is 17.5 Å². The normalized spacial score (nSPS) is 10.1. The van der Waals surface area contributed by atoms with Gasteiger partial charge >= 0.3 is 0 Å². The molecule has 0 saturated carbocycles. The summed E-state index contributed by atoms with van der Waals surface area (Å²) in [5.41, 5.74) is 1.88. The Morgan fingerprint density at radius 3 is 2.55 bits per heavy atom. The maximum atomic E-state index is 12.2. The number of hydrogen-bond donors (Lipinski definition) is 3. The monoisotopic (exact) mass is 439 g/mol. The van der Waals surface area contributed by atoms with Crippen molar-refractivity contribution in [3.63, 3.8) is 0 Å². The van der Waals surface area contributed by atoms with E-state index in [9.17, 15) is 9.59 Å². The number of furan rings is 1. The summed E-state index contributed by atoms with van der Waals surface area (Å²) >= 11 is 5.22. The number of nitrogens with one attached hydrogen (secondary N) is 3. The molecule has 3 N–H and O–H groups in total. The lowest BCUT2D eigenvalue weighted by atomic mass is 10.2. The van der Waals surface area contributed by atoms with Crippen LogP contribution in [0.4, 0.5) is 11.4 Å². The first-order chi connectivity index (χ1) is 15.0. The lowest BCUT2D eigenvalue weighted by Crippen LogP contribution is -2.37. The van der Waals surface area contributed by atoms with Crippen molar-refractivity contribution in [3.8, 4) is 11.5 Å². The Morgan fingerprint density at radius 1 is 1.03 bits per heavy atom. The lowest BCUT2D eigenvalue weighted by Gasteiger charge is -2.15. The van der Waals surface area contributed by atoms with E-state index < -0.39 is 11.8 Å². The predicted molar refractivity (Wildman–Crippen MR) is 121 cm³/mol. The van der Waals surface area contributed by atoms with Crippen molar-refractivity contribution in [1.29, 1.82) is 0 Å². The van der Waals surface area contributed by atoms with Crippen LogP contribution in [0.5, 0.6) is 11.5 Å². The molecule has 3 rings (SSSR count). The van der Waals surface area contributed by atoms with E-state index >= 15 is 0 Å². The number of benzene rings is 2. The number of para-hydroxylation sites is 1. The third-order valence-corrected chi connectivity index (χ3v) is 4.36. The van der Waals surface area contributed by atoms with Crippen LogP contribution in [0, 0.1) is 6.92 Å². The summed E-state index contributed by atoms with van der Waals surface area (Å²) in [6.07, 6.45) is 1.42. The Balaban J connectivity index is 1.59. The van der Waals surface area contributed by atoms with Gasteiger partial charge in [-0.25, -0.2) is 0 Å². The molecule has 1 heterocycles. The van der Waals surface area contributed by atoms with E-state index in [1.165, 1.54) is 13.4 Å². The minimum Gasteiger partial charge on any atom is -0.495 e. The highest BCUT2D eigenvalue weighted by atomic mass is 32.1. The smallest absolute Gasteiger partial charge is 0.291 e. The largest absolute Gasteiger partial charge is 0.495 e. The second-order valence-corrected chi connectivity index (χ2v) is 6.81. The molecular formula is C22H21N3O5S. The van der Waals surface area contributed by atoms with Gasteiger partial charge in [0, 0.05) is 5.69 Å². The lowest BCUT2D eigenvalue weighted by molar-refractivity contribution is -0.121. The summed E-state index contributed by atoms with van der Waals surface area (Å²) in [6, 6.07) is 15.5. The Morgan fingerprint density at radius 2 is 1.84 bits per heavy atom. The molecule has 0 spiro atoms. The third kappa shape index (κ3) is 6.06. The second kappa shape index (κ2) is 10.3. The van der Waals surface area contributed by atoms with Crippen LogP contribution in [0.15, 0.2) is 65.3 Å². The van der Waals surface area contributed by atoms with Gasteiger partial charge in [-0.2, -0.15) is 0 Å². The summed E-state index contributed by atoms with van der Waals surface area (Å²) in [7, 11) is 1.50. The van der Waals surface area contributed by atoms with Crippen LogP contribution in [0.1, 0.15) is 16.1 Å². The van der Waals surface area contributed by atoms with Crippen molar-refractivity contribution in [2.75, 3.05) is 24.4 Å². The number of carbonyl (C=O) groups excluding carboxylic acids is 2. The number of thiocarbonyl (C=S) groups is 1. The zero-order valence-electron chi connectivity index (χ0n) is 16.9. The molecule has 0 fully saturated rings. The van der Waals surface area contributed by atoms with E-state index in [1.807, 2.05) is 25.1 Å². The highest BCUT2D eigenvalue weighted by Crippen LogP contribution is 2.28. The standard InChI is InChI=1S/C22H21N3O5S/c1-14-6-3-4-7-17(14)30-13-20(26)25-22(31)24-16-12-15(9-10-18(16)28-2)23-21(27)19-8-5-11-29-19/h3-12H,13H2,1-2H3,(H,23,27)(H2,24,25,26,31). The molecule has 0 atom stereocenters. The van der Waals surface area contributed by atoms with Crippen LogP contribution in [-0.4, -0.2) is 30.6 Å². The summed E-state index contributed by atoms with van der Waals surface area (Å²) < 4.78 is 15.9. The highest BCUT2D eigenvalue weighted by Gasteiger charge is 2.13. The van der Waals surface area contributed by atoms with Crippen LogP contribution in [0.2, 0.25) is 0 Å². The fourth-order valence-electron chi connectivity index (χ4n) is 2.66. The van der Waals surface area contributed by atoms with E-state index in [4.69, 9.17) is 26.1 Å². The van der Waals surface area contributed by atoms with Crippen molar-refractivity contribution in [2.24, 2.45) is 0 Å². The SMILES string of the molecule is COc1ccc(NC(=O)c2ccco2)cc1NC(=S)NC(=O)COc1ccccc1C. The van der Waals surface area contributed by atoms with Crippen LogP contribution in [0.25, 0.3) is 0 Å². The van der Waals surface area contributed by atoms with Crippen molar-refractivity contribution in [2.45, 2.75) is 6.92 Å². The Kier molecular flexibility index (Phi) is 7.23. The van der Waals surface area contributed by atoms with Crippen molar-refractivity contribution in [3.05, 3.63) is 72.2 Å². The maximum absolute atomic E-state index is 12.2.